The fourth-order valence-electron chi connectivity index (χ4n) is 2.91. The predicted molar refractivity (Wildman–Crippen MR) is 102 cm³/mol. The third-order valence-electron chi connectivity index (χ3n) is 4.22. The Morgan fingerprint density at radius 1 is 1.00 bits per heavy atom. The summed E-state index contributed by atoms with van der Waals surface area (Å²) in [6.45, 7) is 4.64. The smallest absolute Gasteiger partial charge is 0.263 e. The lowest BCUT2D eigenvalue weighted by Gasteiger charge is -2.37. The van der Waals surface area contributed by atoms with Gasteiger partial charge in [-0.15, -0.1) is 0 Å². The minimum atomic E-state index is -0.545. The Morgan fingerprint density at radius 3 is 2.28 bits per heavy atom. The molecular formula is C19H20Cl2N2O2. The van der Waals surface area contributed by atoms with Crippen LogP contribution >= 0.6 is 23.2 Å². The van der Waals surface area contributed by atoms with Crippen LogP contribution in [-0.4, -0.2) is 43.1 Å². The number of nitrogens with zero attached hydrogens (tertiary/aromatic N) is 2. The average molecular weight is 379 g/mol. The molecule has 0 spiro atoms. The molecule has 1 aliphatic rings. The zero-order valence-corrected chi connectivity index (χ0v) is 15.5. The summed E-state index contributed by atoms with van der Waals surface area (Å²) >= 11 is 12.0. The van der Waals surface area contributed by atoms with E-state index < -0.39 is 6.10 Å². The molecule has 25 heavy (non-hydrogen) atoms. The predicted octanol–water partition coefficient (Wildman–Crippen LogP) is 4.11. The molecule has 2 aromatic carbocycles. The molecule has 0 radical (unpaired) electrons. The first-order chi connectivity index (χ1) is 12.0. The van der Waals surface area contributed by atoms with Crippen molar-refractivity contribution in [3.8, 4) is 5.75 Å². The zero-order chi connectivity index (χ0) is 17.8. The summed E-state index contributed by atoms with van der Waals surface area (Å²) in [7, 11) is 0. The van der Waals surface area contributed by atoms with Crippen molar-refractivity contribution in [3.63, 3.8) is 0 Å². The van der Waals surface area contributed by atoms with Crippen LogP contribution < -0.4 is 9.64 Å². The average Bonchev–Trinajstić information content (AvgIpc) is 2.61. The summed E-state index contributed by atoms with van der Waals surface area (Å²) in [5.41, 5.74) is 1.09. The van der Waals surface area contributed by atoms with Crippen molar-refractivity contribution in [2.45, 2.75) is 13.0 Å². The Kier molecular flexibility index (Phi) is 5.71. The number of carbonyl (C=O) groups is 1. The summed E-state index contributed by atoms with van der Waals surface area (Å²) in [6, 6.07) is 14.9. The third-order valence-corrected chi connectivity index (χ3v) is 4.69. The fraction of sp³-hybridized carbons (Fsp3) is 0.316. The van der Waals surface area contributed by atoms with E-state index in [2.05, 4.69) is 4.90 Å². The molecule has 6 heteroatoms. The van der Waals surface area contributed by atoms with Crippen LogP contribution in [0.3, 0.4) is 0 Å². The summed E-state index contributed by atoms with van der Waals surface area (Å²) < 4.78 is 5.73. The maximum atomic E-state index is 12.6. The molecule has 1 saturated heterocycles. The number of rotatable bonds is 4. The minimum absolute atomic E-state index is 0.00859. The van der Waals surface area contributed by atoms with Gasteiger partial charge >= 0.3 is 0 Å². The van der Waals surface area contributed by atoms with E-state index in [1.807, 2.05) is 29.2 Å². The standard InChI is InChI=1S/C19H20Cl2N2O2/c1-14(25-18-7-3-5-16(21)13-18)19(24)23-10-8-22(9-11-23)17-6-2-4-15(20)12-17/h2-7,12-14H,8-11H2,1H3/t14-/m0/s1. The van der Waals surface area contributed by atoms with E-state index in [1.54, 1.807) is 31.2 Å². The molecule has 1 atom stereocenters. The zero-order valence-electron chi connectivity index (χ0n) is 14.0. The molecule has 0 N–H and O–H groups in total. The van der Waals surface area contributed by atoms with Gasteiger partial charge < -0.3 is 14.5 Å². The molecule has 4 nitrogen and oxygen atoms in total. The van der Waals surface area contributed by atoms with Gasteiger partial charge in [0.15, 0.2) is 6.10 Å². The van der Waals surface area contributed by atoms with Gasteiger partial charge in [0.2, 0.25) is 0 Å². The molecule has 1 heterocycles. The van der Waals surface area contributed by atoms with Crippen molar-refractivity contribution in [2.75, 3.05) is 31.1 Å². The largest absolute Gasteiger partial charge is 0.481 e. The van der Waals surface area contributed by atoms with E-state index in [0.717, 1.165) is 23.8 Å². The maximum Gasteiger partial charge on any atom is 0.263 e. The number of amides is 1. The first-order valence-corrected chi connectivity index (χ1v) is 9.00. The Hall–Kier alpha value is -1.91. The van der Waals surface area contributed by atoms with E-state index in [4.69, 9.17) is 27.9 Å². The van der Waals surface area contributed by atoms with Crippen LogP contribution in [0.2, 0.25) is 10.0 Å². The quantitative estimate of drug-likeness (QED) is 0.802. The summed E-state index contributed by atoms with van der Waals surface area (Å²) in [4.78, 5) is 16.7. The second-order valence-corrected chi connectivity index (χ2v) is 6.88. The summed E-state index contributed by atoms with van der Waals surface area (Å²) in [5, 5.41) is 1.31. The molecule has 0 saturated carbocycles. The minimum Gasteiger partial charge on any atom is -0.481 e. The number of benzene rings is 2. The van der Waals surface area contributed by atoms with Gasteiger partial charge in [0.05, 0.1) is 0 Å². The van der Waals surface area contributed by atoms with Crippen LogP contribution in [0, 0.1) is 0 Å². The Labute approximate surface area is 157 Å². The van der Waals surface area contributed by atoms with Gasteiger partial charge in [-0.25, -0.2) is 0 Å². The molecule has 0 bridgehead atoms. The second-order valence-electron chi connectivity index (χ2n) is 6.01. The first-order valence-electron chi connectivity index (χ1n) is 8.24. The van der Waals surface area contributed by atoms with Crippen LogP contribution in [0.1, 0.15) is 6.92 Å². The van der Waals surface area contributed by atoms with Gasteiger partial charge in [0, 0.05) is 41.9 Å². The Morgan fingerprint density at radius 2 is 1.64 bits per heavy atom. The van der Waals surface area contributed by atoms with E-state index in [1.165, 1.54) is 0 Å². The lowest BCUT2D eigenvalue weighted by Crippen LogP contribution is -2.52. The highest BCUT2D eigenvalue weighted by Crippen LogP contribution is 2.22. The highest BCUT2D eigenvalue weighted by molar-refractivity contribution is 6.31. The van der Waals surface area contributed by atoms with Gasteiger partial charge in [0.25, 0.3) is 5.91 Å². The van der Waals surface area contributed by atoms with Crippen LogP contribution in [0.15, 0.2) is 48.5 Å². The molecule has 3 rings (SSSR count). The highest BCUT2D eigenvalue weighted by atomic mass is 35.5. The van der Waals surface area contributed by atoms with Crippen molar-refractivity contribution < 1.29 is 9.53 Å². The van der Waals surface area contributed by atoms with Crippen LogP contribution in [-0.2, 0) is 4.79 Å². The van der Waals surface area contributed by atoms with Gasteiger partial charge in [-0.2, -0.15) is 0 Å². The first kappa shape index (κ1) is 17.9. The summed E-state index contributed by atoms with van der Waals surface area (Å²) in [5.74, 6) is 0.594. The number of anilines is 1. The molecule has 0 unspecified atom stereocenters. The topological polar surface area (TPSA) is 32.8 Å². The van der Waals surface area contributed by atoms with E-state index in [9.17, 15) is 4.79 Å². The van der Waals surface area contributed by atoms with E-state index in [-0.39, 0.29) is 5.91 Å². The molecule has 1 aliphatic heterocycles. The lowest BCUT2D eigenvalue weighted by molar-refractivity contribution is -0.138. The Bertz CT molecular complexity index is 746. The summed E-state index contributed by atoms with van der Waals surface area (Å²) in [6.07, 6.45) is -0.545. The van der Waals surface area contributed by atoms with Gasteiger partial charge in [-0.05, 0) is 43.3 Å². The van der Waals surface area contributed by atoms with Crippen molar-refractivity contribution in [1.29, 1.82) is 0 Å². The van der Waals surface area contributed by atoms with Gasteiger partial charge in [-0.3, -0.25) is 4.79 Å². The lowest BCUT2D eigenvalue weighted by atomic mass is 10.2. The van der Waals surface area contributed by atoms with Crippen molar-refractivity contribution in [1.82, 2.24) is 4.90 Å². The molecule has 132 valence electrons. The maximum absolute atomic E-state index is 12.6. The van der Waals surface area contributed by atoms with E-state index in [0.29, 0.717) is 23.9 Å². The van der Waals surface area contributed by atoms with Crippen LogP contribution in [0.5, 0.6) is 5.75 Å². The molecule has 1 amide bonds. The fourth-order valence-corrected chi connectivity index (χ4v) is 3.27. The Balaban J connectivity index is 1.56. The number of carbonyl (C=O) groups excluding carboxylic acids is 1. The number of piperazine rings is 1. The molecular weight excluding hydrogens is 359 g/mol. The van der Waals surface area contributed by atoms with Crippen LogP contribution in [0.4, 0.5) is 5.69 Å². The second kappa shape index (κ2) is 7.98. The van der Waals surface area contributed by atoms with Crippen LogP contribution in [0.25, 0.3) is 0 Å². The SMILES string of the molecule is C[C@H](Oc1cccc(Cl)c1)C(=O)N1CCN(c2cccc(Cl)c2)CC1. The molecule has 0 aliphatic carbocycles. The normalized spacial score (nSPS) is 15.8. The van der Waals surface area contributed by atoms with Crippen molar-refractivity contribution >= 4 is 34.8 Å². The van der Waals surface area contributed by atoms with Gasteiger partial charge in [0.1, 0.15) is 5.75 Å². The van der Waals surface area contributed by atoms with E-state index >= 15 is 0 Å². The number of hydrogen-bond acceptors (Lipinski definition) is 3. The van der Waals surface area contributed by atoms with Gasteiger partial charge in [-0.1, -0.05) is 35.3 Å². The van der Waals surface area contributed by atoms with Crippen molar-refractivity contribution in [2.24, 2.45) is 0 Å². The number of halogens is 2. The molecule has 0 aromatic heterocycles. The van der Waals surface area contributed by atoms with Crippen molar-refractivity contribution in [3.05, 3.63) is 58.6 Å². The third kappa shape index (κ3) is 4.59. The molecule has 2 aromatic rings. The monoisotopic (exact) mass is 378 g/mol. The molecule has 1 fully saturated rings. The number of ether oxygens (including phenoxy) is 1. The highest BCUT2D eigenvalue weighted by Gasteiger charge is 2.26. The number of hydrogen-bond donors (Lipinski definition) is 0.